The van der Waals surface area contributed by atoms with Crippen LogP contribution in [0.5, 0.6) is 0 Å². The third-order valence-corrected chi connectivity index (χ3v) is 4.17. The lowest BCUT2D eigenvalue weighted by atomic mass is 9.97. The number of hydrogen-bond donors (Lipinski definition) is 2. The Kier molecular flexibility index (Phi) is 9.89. The van der Waals surface area contributed by atoms with E-state index in [1.165, 1.54) is 0 Å². The van der Waals surface area contributed by atoms with E-state index in [9.17, 15) is 9.59 Å². The lowest BCUT2D eigenvalue weighted by Gasteiger charge is -2.21. The topological polar surface area (TPSA) is 75.4 Å². The van der Waals surface area contributed by atoms with Crippen molar-refractivity contribution < 1.29 is 9.59 Å². The number of carbonyl (C=O) groups is 2. The number of hydrogen-bond acceptors (Lipinski definition) is 3. The molecule has 0 saturated carbocycles. The van der Waals surface area contributed by atoms with Crippen molar-refractivity contribution in [3.05, 3.63) is 35.4 Å². The van der Waals surface area contributed by atoms with E-state index < -0.39 is 0 Å². The number of benzene rings is 1. The Morgan fingerprint density at radius 1 is 1.12 bits per heavy atom. The first-order valence-corrected chi connectivity index (χ1v) is 8.90. The second kappa shape index (κ2) is 10.5. The molecule has 0 spiro atoms. The first kappa shape index (κ1) is 24.4. The standard InChI is InChI=1S/C20H33N3O2.ClH/c1-14(2)17(21)11-12-23(6)19(25)16-9-7-15(8-10-16)18(24)22-13-20(3,4)5;/h7-10,14,17H,11-13,21H2,1-6H3,(H,22,24);1H. The summed E-state index contributed by atoms with van der Waals surface area (Å²) in [6, 6.07) is 6.88. The van der Waals surface area contributed by atoms with E-state index >= 15 is 0 Å². The third kappa shape index (κ3) is 8.19. The summed E-state index contributed by atoms with van der Waals surface area (Å²) < 4.78 is 0. The van der Waals surface area contributed by atoms with Gasteiger partial charge in [-0.1, -0.05) is 34.6 Å². The van der Waals surface area contributed by atoms with Gasteiger partial charge in [0.05, 0.1) is 0 Å². The number of amides is 2. The number of carbonyl (C=O) groups excluding carboxylic acids is 2. The zero-order valence-corrected chi connectivity index (χ0v) is 17.7. The van der Waals surface area contributed by atoms with Crippen LogP contribution < -0.4 is 11.1 Å². The Morgan fingerprint density at radius 3 is 2.08 bits per heavy atom. The first-order chi connectivity index (χ1) is 11.5. The van der Waals surface area contributed by atoms with Gasteiger partial charge in [0.15, 0.2) is 0 Å². The van der Waals surface area contributed by atoms with Gasteiger partial charge in [-0.05, 0) is 42.0 Å². The van der Waals surface area contributed by atoms with E-state index in [2.05, 4.69) is 39.9 Å². The normalized spacial score (nSPS) is 12.3. The zero-order valence-electron chi connectivity index (χ0n) is 16.8. The molecule has 0 aliphatic carbocycles. The van der Waals surface area contributed by atoms with Crippen LogP contribution in [0.1, 0.15) is 61.8 Å². The molecule has 148 valence electrons. The van der Waals surface area contributed by atoms with Crippen LogP contribution in [0.15, 0.2) is 24.3 Å². The van der Waals surface area contributed by atoms with Gasteiger partial charge in [-0.2, -0.15) is 0 Å². The van der Waals surface area contributed by atoms with Crippen molar-refractivity contribution in [1.29, 1.82) is 0 Å². The molecule has 0 bridgehead atoms. The maximum Gasteiger partial charge on any atom is 0.253 e. The summed E-state index contributed by atoms with van der Waals surface area (Å²) in [6.07, 6.45) is 0.771. The highest BCUT2D eigenvalue weighted by Gasteiger charge is 2.16. The third-order valence-electron chi connectivity index (χ3n) is 4.17. The van der Waals surface area contributed by atoms with Gasteiger partial charge in [-0.15, -0.1) is 12.4 Å². The van der Waals surface area contributed by atoms with Crippen LogP contribution in [0.3, 0.4) is 0 Å². The molecule has 3 N–H and O–H groups in total. The summed E-state index contributed by atoms with van der Waals surface area (Å²) in [5.41, 5.74) is 7.20. The van der Waals surface area contributed by atoms with Gasteiger partial charge in [-0.25, -0.2) is 0 Å². The molecule has 0 aromatic heterocycles. The Bertz CT molecular complexity index is 580. The van der Waals surface area contributed by atoms with Crippen LogP contribution in [-0.4, -0.2) is 42.9 Å². The van der Waals surface area contributed by atoms with E-state index in [4.69, 9.17) is 5.73 Å². The maximum absolute atomic E-state index is 12.4. The van der Waals surface area contributed by atoms with E-state index in [0.29, 0.717) is 30.1 Å². The van der Waals surface area contributed by atoms with Gasteiger partial charge in [0, 0.05) is 37.3 Å². The van der Waals surface area contributed by atoms with Crippen LogP contribution in [0.25, 0.3) is 0 Å². The van der Waals surface area contributed by atoms with Crippen LogP contribution >= 0.6 is 12.4 Å². The molecule has 5 nitrogen and oxygen atoms in total. The SMILES string of the molecule is CC(C)C(N)CCN(C)C(=O)c1ccc(C(=O)NCC(C)(C)C)cc1.Cl. The number of rotatable bonds is 7. The quantitative estimate of drug-likeness (QED) is 0.758. The van der Waals surface area contributed by atoms with Crippen molar-refractivity contribution in [2.24, 2.45) is 17.1 Å². The molecule has 6 heteroatoms. The van der Waals surface area contributed by atoms with E-state index in [1.54, 1.807) is 36.2 Å². The second-order valence-corrected chi connectivity index (χ2v) is 8.24. The van der Waals surface area contributed by atoms with E-state index in [0.717, 1.165) is 6.42 Å². The van der Waals surface area contributed by atoms with Gasteiger partial charge < -0.3 is 16.0 Å². The molecule has 0 aliphatic rings. The minimum Gasteiger partial charge on any atom is -0.352 e. The molecule has 26 heavy (non-hydrogen) atoms. The molecule has 2 amide bonds. The van der Waals surface area contributed by atoms with Gasteiger partial charge in [0.2, 0.25) is 0 Å². The predicted octanol–water partition coefficient (Wildman–Crippen LogP) is 3.33. The maximum atomic E-state index is 12.4. The van der Waals surface area contributed by atoms with Crippen LogP contribution in [0.4, 0.5) is 0 Å². The monoisotopic (exact) mass is 383 g/mol. The van der Waals surface area contributed by atoms with Crippen molar-refractivity contribution in [1.82, 2.24) is 10.2 Å². The van der Waals surface area contributed by atoms with Crippen molar-refractivity contribution in [2.75, 3.05) is 20.1 Å². The Hall–Kier alpha value is -1.59. The molecule has 1 aromatic carbocycles. The smallest absolute Gasteiger partial charge is 0.253 e. The van der Waals surface area contributed by atoms with Crippen molar-refractivity contribution in [2.45, 2.75) is 47.1 Å². The molecule has 1 atom stereocenters. The average Bonchev–Trinajstić information content (AvgIpc) is 2.55. The zero-order chi connectivity index (χ0) is 19.2. The molecular formula is C20H34ClN3O2. The molecule has 0 fully saturated rings. The molecule has 0 heterocycles. The van der Waals surface area contributed by atoms with Crippen LogP contribution in [0, 0.1) is 11.3 Å². The Labute approximate surface area is 164 Å². The van der Waals surface area contributed by atoms with Crippen molar-refractivity contribution in [3.63, 3.8) is 0 Å². The van der Waals surface area contributed by atoms with Gasteiger partial charge in [0.25, 0.3) is 11.8 Å². The highest BCUT2D eigenvalue weighted by molar-refractivity contribution is 5.97. The fourth-order valence-corrected chi connectivity index (χ4v) is 2.21. The second-order valence-electron chi connectivity index (χ2n) is 8.24. The average molecular weight is 384 g/mol. The number of halogens is 1. The number of nitrogens with zero attached hydrogens (tertiary/aromatic N) is 1. The van der Waals surface area contributed by atoms with Crippen LogP contribution in [0.2, 0.25) is 0 Å². The summed E-state index contributed by atoms with van der Waals surface area (Å²) in [4.78, 5) is 26.3. The van der Waals surface area contributed by atoms with E-state index in [-0.39, 0.29) is 35.7 Å². The highest BCUT2D eigenvalue weighted by atomic mass is 35.5. The van der Waals surface area contributed by atoms with Gasteiger partial charge >= 0.3 is 0 Å². The summed E-state index contributed by atoms with van der Waals surface area (Å²) in [5.74, 6) is 0.220. The van der Waals surface area contributed by atoms with Crippen molar-refractivity contribution in [3.8, 4) is 0 Å². The lowest BCUT2D eigenvalue weighted by molar-refractivity contribution is 0.0788. The van der Waals surface area contributed by atoms with Crippen LogP contribution in [-0.2, 0) is 0 Å². The molecule has 1 rings (SSSR count). The molecule has 1 aromatic rings. The Morgan fingerprint density at radius 2 is 1.62 bits per heavy atom. The van der Waals surface area contributed by atoms with Gasteiger partial charge in [-0.3, -0.25) is 9.59 Å². The summed E-state index contributed by atoms with van der Waals surface area (Å²) in [5, 5.41) is 2.91. The minimum atomic E-state index is -0.120. The first-order valence-electron chi connectivity index (χ1n) is 8.90. The molecular weight excluding hydrogens is 350 g/mol. The predicted molar refractivity (Wildman–Crippen MR) is 110 cm³/mol. The fourth-order valence-electron chi connectivity index (χ4n) is 2.21. The molecule has 0 radical (unpaired) electrons. The van der Waals surface area contributed by atoms with Gasteiger partial charge in [0.1, 0.15) is 0 Å². The highest BCUT2D eigenvalue weighted by Crippen LogP contribution is 2.12. The van der Waals surface area contributed by atoms with Crippen molar-refractivity contribution >= 4 is 24.2 Å². The molecule has 0 aliphatic heterocycles. The number of nitrogens with one attached hydrogen (secondary N) is 1. The molecule has 1 unspecified atom stereocenters. The number of nitrogens with two attached hydrogens (primary N) is 1. The lowest BCUT2D eigenvalue weighted by Crippen LogP contribution is -2.34. The Balaban J connectivity index is 0.00000625. The van der Waals surface area contributed by atoms with E-state index in [1.807, 2.05) is 0 Å². The largest absolute Gasteiger partial charge is 0.352 e. The summed E-state index contributed by atoms with van der Waals surface area (Å²) in [7, 11) is 1.78. The minimum absolute atomic E-state index is 0. The fraction of sp³-hybridized carbons (Fsp3) is 0.600. The molecule has 0 saturated heterocycles. The summed E-state index contributed by atoms with van der Waals surface area (Å²) in [6.45, 7) is 11.6. The summed E-state index contributed by atoms with van der Waals surface area (Å²) >= 11 is 0.